The molecular formula is C15H20FNO. The first-order valence-corrected chi connectivity index (χ1v) is 6.16. The molecule has 0 radical (unpaired) electrons. The molecule has 1 N–H and O–H groups in total. The normalized spacial score (nSPS) is 12.1. The van der Waals surface area contributed by atoms with E-state index in [1.165, 1.54) is 6.07 Å². The monoisotopic (exact) mass is 249 g/mol. The van der Waals surface area contributed by atoms with Crippen LogP contribution in [0.25, 0.3) is 0 Å². The van der Waals surface area contributed by atoms with Crippen LogP contribution >= 0.6 is 0 Å². The molecule has 1 aromatic carbocycles. The first-order chi connectivity index (χ1) is 8.58. The van der Waals surface area contributed by atoms with Crippen molar-refractivity contribution < 1.29 is 9.50 Å². The average Bonchev–Trinajstić information content (AvgIpc) is 2.38. The molecule has 1 atom stereocenters. The molecular weight excluding hydrogens is 229 g/mol. The summed E-state index contributed by atoms with van der Waals surface area (Å²) in [4.78, 5) is 2.22. The van der Waals surface area contributed by atoms with Crippen LogP contribution in [0.1, 0.15) is 31.4 Å². The van der Waals surface area contributed by atoms with Gasteiger partial charge < -0.3 is 5.11 Å². The molecule has 98 valence electrons. The Hall–Kier alpha value is -1.37. The molecule has 0 aromatic heterocycles. The maximum atomic E-state index is 13.5. The largest absolute Gasteiger partial charge is 0.384 e. The summed E-state index contributed by atoms with van der Waals surface area (Å²) in [6.07, 6.45) is 1.08. The van der Waals surface area contributed by atoms with E-state index < -0.39 is 0 Å². The van der Waals surface area contributed by atoms with Crippen molar-refractivity contribution in [1.29, 1.82) is 0 Å². The van der Waals surface area contributed by atoms with Crippen molar-refractivity contribution in [2.75, 3.05) is 13.7 Å². The number of rotatable bonds is 4. The summed E-state index contributed by atoms with van der Waals surface area (Å²) < 4.78 is 13.5. The number of aliphatic hydroxyl groups is 1. The molecule has 0 aliphatic heterocycles. The third-order valence-electron chi connectivity index (χ3n) is 3.11. The summed E-state index contributed by atoms with van der Waals surface area (Å²) in [5, 5.41) is 8.63. The fraction of sp³-hybridized carbons (Fsp3) is 0.467. The lowest BCUT2D eigenvalue weighted by molar-refractivity contribution is 0.244. The quantitative estimate of drug-likeness (QED) is 0.828. The van der Waals surface area contributed by atoms with E-state index in [0.29, 0.717) is 11.6 Å². The van der Waals surface area contributed by atoms with Crippen LogP contribution in [0.4, 0.5) is 4.39 Å². The van der Waals surface area contributed by atoms with Crippen molar-refractivity contribution in [3.05, 3.63) is 35.1 Å². The van der Waals surface area contributed by atoms with Gasteiger partial charge in [-0.15, -0.1) is 0 Å². The van der Waals surface area contributed by atoms with E-state index >= 15 is 0 Å². The standard InChI is InChI=1S/C15H20FNO/c1-4-12(2)17(3)11-13-7-8-15(16)14(10-13)6-5-9-18/h7-8,10,12,18H,4,9,11H2,1-3H3. The van der Waals surface area contributed by atoms with Gasteiger partial charge in [-0.25, -0.2) is 4.39 Å². The summed E-state index contributed by atoms with van der Waals surface area (Å²) in [6.45, 7) is 4.82. The van der Waals surface area contributed by atoms with Crippen LogP contribution in [0, 0.1) is 17.7 Å². The number of halogens is 1. The third kappa shape index (κ3) is 4.14. The van der Waals surface area contributed by atoms with Gasteiger partial charge in [-0.2, -0.15) is 0 Å². The molecule has 0 saturated heterocycles. The van der Waals surface area contributed by atoms with Gasteiger partial charge in [-0.3, -0.25) is 4.90 Å². The van der Waals surface area contributed by atoms with E-state index in [4.69, 9.17) is 5.11 Å². The highest BCUT2D eigenvalue weighted by Crippen LogP contribution is 2.13. The summed E-state index contributed by atoms with van der Waals surface area (Å²) in [7, 11) is 2.05. The van der Waals surface area contributed by atoms with Crippen LogP contribution in [0.5, 0.6) is 0 Å². The lowest BCUT2D eigenvalue weighted by Crippen LogP contribution is -2.27. The third-order valence-corrected chi connectivity index (χ3v) is 3.11. The molecule has 0 spiro atoms. The second-order valence-electron chi connectivity index (χ2n) is 4.45. The summed E-state index contributed by atoms with van der Waals surface area (Å²) in [6, 6.07) is 5.44. The minimum Gasteiger partial charge on any atom is -0.384 e. The van der Waals surface area contributed by atoms with Gasteiger partial charge in [0.05, 0.1) is 5.56 Å². The number of hydrogen-bond donors (Lipinski definition) is 1. The Kier molecular flexibility index (Phi) is 5.84. The highest BCUT2D eigenvalue weighted by atomic mass is 19.1. The topological polar surface area (TPSA) is 23.5 Å². The van der Waals surface area contributed by atoms with E-state index in [1.54, 1.807) is 12.1 Å². The van der Waals surface area contributed by atoms with Crippen molar-refractivity contribution in [3.63, 3.8) is 0 Å². The Morgan fingerprint density at radius 1 is 1.44 bits per heavy atom. The second-order valence-corrected chi connectivity index (χ2v) is 4.45. The molecule has 0 aliphatic carbocycles. The molecule has 0 bridgehead atoms. The zero-order valence-electron chi connectivity index (χ0n) is 11.2. The zero-order chi connectivity index (χ0) is 13.5. The van der Waals surface area contributed by atoms with Crippen molar-refractivity contribution >= 4 is 0 Å². The first kappa shape index (κ1) is 14.7. The number of aliphatic hydroxyl groups excluding tert-OH is 1. The predicted molar refractivity (Wildman–Crippen MR) is 71.6 cm³/mol. The van der Waals surface area contributed by atoms with Crippen molar-refractivity contribution in [2.24, 2.45) is 0 Å². The van der Waals surface area contributed by atoms with E-state index in [9.17, 15) is 4.39 Å². The van der Waals surface area contributed by atoms with Crippen LogP contribution in [0.15, 0.2) is 18.2 Å². The van der Waals surface area contributed by atoms with Gasteiger partial charge in [-0.05, 0) is 38.1 Å². The molecule has 3 heteroatoms. The average molecular weight is 249 g/mol. The van der Waals surface area contributed by atoms with Gasteiger partial charge in [0.25, 0.3) is 0 Å². The Morgan fingerprint density at radius 2 is 2.17 bits per heavy atom. The van der Waals surface area contributed by atoms with Crippen LogP contribution < -0.4 is 0 Å². The van der Waals surface area contributed by atoms with Crippen LogP contribution in [-0.4, -0.2) is 29.7 Å². The zero-order valence-corrected chi connectivity index (χ0v) is 11.2. The van der Waals surface area contributed by atoms with E-state index in [2.05, 4.69) is 37.6 Å². The number of hydrogen-bond acceptors (Lipinski definition) is 2. The highest BCUT2D eigenvalue weighted by Gasteiger charge is 2.08. The Morgan fingerprint density at radius 3 is 2.78 bits per heavy atom. The molecule has 0 saturated carbocycles. The SMILES string of the molecule is CCC(C)N(C)Cc1ccc(F)c(C#CCO)c1. The minimum absolute atomic E-state index is 0.254. The summed E-state index contributed by atoms with van der Waals surface area (Å²) in [5.41, 5.74) is 1.38. The van der Waals surface area contributed by atoms with Gasteiger partial charge in [0.1, 0.15) is 12.4 Å². The molecule has 1 unspecified atom stereocenters. The first-order valence-electron chi connectivity index (χ1n) is 6.16. The van der Waals surface area contributed by atoms with Gasteiger partial charge in [0, 0.05) is 12.6 Å². The Bertz CT molecular complexity index is 448. The van der Waals surface area contributed by atoms with Crippen LogP contribution in [0.3, 0.4) is 0 Å². The Labute approximate surface area is 108 Å². The number of benzene rings is 1. The lowest BCUT2D eigenvalue weighted by Gasteiger charge is -2.23. The maximum Gasteiger partial charge on any atom is 0.138 e. The second kappa shape index (κ2) is 7.15. The molecule has 18 heavy (non-hydrogen) atoms. The Balaban J connectivity index is 2.85. The summed E-state index contributed by atoms with van der Waals surface area (Å²) in [5.74, 6) is 4.76. The van der Waals surface area contributed by atoms with Gasteiger partial charge in [0.15, 0.2) is 0 Å². The maximum absolute atomic E-state index is 13.5. The molecule has 2 nitrogen and oxygen atoms in total. The number of nitrogens with zero attached hydrogens (tertiary/aromatic N) is 1. The van der Waals surface area contributed by atoms with Crippen molar-refractivity contribution in [3.8, 4) is 11.8 Å². The van der Waals surface area contributed by atoms with E-state index in [-0.39, 0.29) is 12.4 Å². The minimum atomic E-state index is -0.342. The van der Waals surface area contributed by atoms with Crippen LogP contribution in [0.2, 0.25) is 0 Å². The summed E-state index contributed by atoms with van der Waals surface area (Å²) >= 11 is 0. The molecule has 0 amide bonds. The van der Waals surface area contributed by atoms with E-state index in [1.807, 2.05) is 0 Å². The van der Waals surface area contributed by atoms with Crippen LogP contribution in [-0.2, 0) is 6.54 Å². The predicted octanol–water partition coefficient (Wildman–Crippen LogP) is 2.40. The van der Waals surface area contributed by atoms with Gasteiger partial charge >= 0.3 is 0 Å². The van der Waals surface area contributed by atoms with Gasteiger partial charge in [-0.1, -0.05) is 24.8 Å². The smallest absolute Gasteiger partial charge is 0.138 e. The highest BCUT2D eigenvalue weighted by molar-refractivity contribution is 5.38. The molecule has 0 fully saturated rings. The molecule has 1 aromatic rings. The van der Waals surface area contributed by atoms with Gasteiger partial charge in [0.2, 0.25) is 0 Å². The van der Waals surface area contributed by atoms with Crippen molar-refractivity contribution in [1.82, 2.24) is 4.90 Å². The van der Waals surface area contributed by atoms with Crippen molar-refractivity contribution in [2.45, 2.75) is 32.9 Å². The molecule has 1 rings (SSSR count). The van der Waals surface area contributed by atoms with E-state index in [0.717, 1.165) is 18.5 Å². The molecule has 0 heterocycles. The lowest BCUT2D eigenvalue weighted by atomic mass is 10.1. The molecule has 0 aliphatic rings. The fourth-order valence-corrected chi connectivity index (χ4v) is 1.66. The fourth-order valence-electron chi connectivity index (χ4n) is 1.66.